The Morgan fingerprint density at radius 1 is 1.10 bits per heavy atom. The Labute approximate surface area is 181 Å². The van der Waals surface area contributed by atoms with E-state index in [9.17, 15) is 8.42 Å². The summed E-state index contributed by atoms with van der Waals surface area (Å²) in [5.74, 6) is 0.843. The van der Waals surface area contributed by atoms with Crippen molar-refractivity contribution in [3.8, 4) is 11.5 Å². The van der Waals surface area contributed by atoms with Gasteiger partial charge in [-0.3, -0.25) is 4.98 Å². The Bertz CT molecular complexity index is 1160. The Hall–Kier alpha value is -2.62. The predicted octanol–water partition coefficient (Wildman–Crippen LogP) is 2.99. The third-order valence-electron chi connectivity index (χ3n) is 5.89. The number of hydrogen-bond donors (Lipinski definition) is 0. The number of sulfonamides is 1. The molecule has 2 aliphatic rings. The first-order chi connectivity index (χ1) is 15.1. The molecule has 31 heavy (non-hydrogen) atoms. The average Bonchev–Trinajstić information content (AvgIpc) is 3.47. The number of rotatable bonds is 6. The molecule has 0 radical (unpaired) electrons. The third-order valence-corrected chi connectivity index (χ3v) is 7.75. The number of hydrogen-bond acceptors (Lipinski definition) is 7. The van der Waals surface area contributed by atoms with Crippen LogP contribution in [0.25, 0.3) is 11.5 Å². The molecular weight excluding hydrogens is 416 g/mol. The zero-order valence-corrected chi connectivity index (χ0v) is 17.9. The summed E-state index contributed by atoms with van der Waals surface area (Å²) in [6.45, 7) is 1.01. The molecule has 3 aromatic rings. The first-order valence-electron chi connectivity index (χ1n) is 10.6. The molecule has 1 atom stereocenters. The number of pyridine rings is 1. The molecule has 1 unspecified atom stereocenters. The number of piperidine rings is 1. The van der Waals surface area contributed by atoms with Crippen molar-refractivity contribution in [2.75, 3.05) is 13.1 Å². The average molecular weight is 441 g/mol. The van der Waals surface area contributed by atoms with E-state index in [-0.39, 0.29) is 12.7 Å². The molecule has 0 N–H and O–H groups in total. The van der Waals surface area contributed by atoms with Crippen molar-refractivity contribution in [2.45, 2.75) is 49.7 Å². The van der Waals surface area contributed by atoms with Gasteiger partial charge >= 0.3 is 0 Å². The Morgan fingerprint density at radius 2 is 1.94 bits per heavy atom. The summed E-state index contributed by atoms with van der Waals surface area (Å²) < 4.78 is 39.2. The Kier molecular flexibility index (Phi) is 5.56. The van der Waals surface area contributed by atoms with E-state index in [1.54, 1.807) is 30.6 Å². The van der Waals surface area contributed by atoms with Crippen LogP contribution in [0.5, 0.6) is 0 Å². The molecule has 1 fully saturated rings. The van der Waals surface area contributed by atoms with E-state index in [0.717, 1.165) is 43.2 Å². The van der Waals surface area contributed by atoms with E-state index in [1.165, 1.54) is 9.87 Å². The summed E-state index contributed by atoms with van der Waals surface area (Å²) in [6.07, 6.45) is 7.75. The molecular formula is C22H24N4O4S. The van der Waals surface area contributed by atoms with Gasteiger partial charge in [-0.1, -0.05) is 11.2 Å². The zero-order valence-electron chi connectivity index (χ0n) is 17.1. The smallest absolute Gasteiger partial charge is 0.258 e. The maximum absolute atomic E-state index is 13.2. The molecule has 2 aromatic heterocycles. The molecule has 1 aromatic carbocycles. The molecule has 5 rings (SSSR count). The summed E-state index contributed by atoms with van der Waals surface area (Å²) in [4.78, 5) is 8.71. The van der Waals surface area contributed by atoms with Crippen LogP contribution in [0.15, 0.2) is 52.1 Å². The molecule has 9 heteroatoms. The largest absolute Gasteiger partial charge is 0.369 e. The molecule has 1 saturated heterocycles. The van der Waals surface area contributed by atoms with Gasteiger partial charge in [-0.05, 0) is 67.5 Å². The summed E-state index contributed by atoms with van der Waals surface area (Å²) >= 11 is 0. The molecule has 8 nitrogen and oxygen atoms in total. The molecule has 0 spiro atoms. The lowest BCUT2D eigenvalue weighted by Gasteiger charge is -2.31. The highest BCUT2D eigenvalue weighted by Crippen LogP contribution is 2.28. The maximum Gasteiger partial charge on any atom is 0.258 e. The lowest BCUT2D eigenvalue weighted by atomic mass is 10.1. The lowest BCUT2D eigenvalue weighted by molar-refractivity contribution is 0.00438. The highest BCUT2D eigenvalue weighted by molar-refractivity contribution is 7.89. The van der Waals surface area contributed by atoms with Crippen molar-refractivity contribution in [2.24, 2.45) is 0 Å². The van der Waals surface area contributed by atoms with Crippen molar-refractivity contribution in [3.05, 3.63) is 59.7 Å². The van der Waals surface area contributed by atoms with Crippen molar-refractivity contribution >= 4 is 10.0 Å². The lowest BCUT2D eigenvalue weighted by Crippen LogP contribution is -2.43. The van der Waals surface area contributed by atoms with E-state index in [0.29, 0.717) is 29.7 Å². The summed E-state index contributed by atoms with van der Waals surface area (Å²) in [5, 5.41) is 3.96. The summed E-state index contributed by atoms with van der Waals surface area (Å²) in [6, 6.07) is 9.14. The maximum atomic E-state index is 13.2. The summed E-state index contributed by atoms with van der Waals surface area (Å²) in [7, 11) is -3.53. The van der Waals surface area contributed by atoms with Gasteiger partial charge in [0.1, 0.15) is 6.61 Å². The number of aromatic nitrogens is 3. The minimum Gasteiger partial charge on any atom is -0.369 e. The molecule has 0 saturated carbocycles. The predicted molar refractivity (Wildman–Crippen MR) is 113 cm³/mol. The van der Waals surface area contributed by atoms with Crippen molar-refractivity contribution < 1.29 is 17.7 Å². The SMILES string of the molecule is O=S(=O)(c1ccc2c(c1)CCC2)N1CCCC(OCc2noc(-c3ccncc3)n2)C1. The van der Waals surface area contributed by atoms with Crippen molar-refractivity contribution in [1.29, 1.82) is 0 Å². The van der Waals surface area contributed by atoms with E-state index < -0.39 is 10.0 Å². The van der Waals surface area contributed by atoms with Crippen molar-refractivity contribution in [3.63, 3.8) is 0 Å². The van der Waals surface area contributed by atoms with Gasteiger partial charge in [0.25, 0.3) is 5.89 Å². The van der Waals surface area contributed by atoms with Crippen LogP contribution in [0.1, 0.15) is 36.2 Å². The first kappa shape index (κ1) is 20.3. The van der Waals surface area contributed by atoms with Crippen LogP contribution in [0, 0.1) is 0 Å². The van der Waals surface area contributed by atoms with Crippen LogP contribution in [-0.2, 0) is 34.2 Å². The first-order valence-corrected chi connectivity index (χ1v) is 12.0. The molecule has 1 aliphatic heterocycles. The Balaban J connectivity index is 1.23. The van der Waals surface area contributed by atoms with E-state index in [4.69, 9.17) is 9.26 Å². The normalized spacial score (nSPS) is 19.4. The van der Waals surface area contributed by atoms with E-state index >= 15 is 0 Å². The number of fused-ring (bicyclic) bond motifs is 1. The number of aryl methyl sites for hydroxylation is 2. The van der Waals surface area contributed by atoms with Crippen LogP contribution >= 0.6 is 0 Å². The van der Waals surface area contributed by atoms with Gasteiger partial charge in [0.15, 0.2) is 5.82 Å². The van der Waals surface area contributed by atoms with Gasteiger partial charge < -0.3 is 9.26 Å². The minimum atomic E-state index is -3.53. The number of ether oxygens (including phenoxy) is 1. The summed E-state index contributed by atoms with van der Waals surface area (Å²) in [5.41, 5.74) is 3.22. The fourth-order valence-corrected chi connectivity index (χ4v) is 5.80. The van der Waals surface area contributed by atoms with Gasteiger partial charge in [-0.25, -0.2) is 8.42 Å². The monoisotopic (exact) mass is 440 g/mol. The van der Waals surface area contributed by atoms with E-state index in [2.05, 4.69) is 15.1 Å². The molecule has 1 aliphatic carbocycles. The van der Waals surface area contributed by atoms with Gasteiger partial charge in [-0.2, -0.15) is 9.29 Å². The van der Waals surface area contributed by atoms with Gasteiger partial charge in [0.05, 0.1) is 11.0 Å². The molecule has 3 heterocycles. The van der Waals surface area contributed by atoms with Gasteiger partial charge in [-0.15, -0.1) is 0 Å². The number of benzene rings is 1. The second-order valence-corrected chi connectivity index (χ2v) is 9.91. The topological polar surface area (TPSA) is 98.4 Å². The van der Waals surface area contributed by atoms with Gasteiger partial charge in [0.2, 0.25) is 10.0 Å². The second kappa shape index (κ2) is 8.49. The highest BCUT2D eigenvalue weighted by atomic mass is 32.2. The second-order valence-electron chi connectivity index (χ2n) is 7.97. The highest BCUT2D eigenvalue weighted by Gasteiger charge is 2.31. The van der Waals surface area contributed by atoms with Crippen LogP contribution < -0.4 is 0 Å². The quantitative estimate of drug-likeness (QED) is 0.581. The molecule has 0 amide bonds. The van der Waals surface area contributed by atoms with Gasteiger partial charge in [0, 0.05) is 31.0 Å². The third kappa shape index (κ3) is 4.26. The molecule has 0 bridgehead atoms. The Morgan fingerprint density at radius 3 is 2.81 bits per heavy atom. The minimum absolute atomic E-state index is 0.173. The fraction of sp³-hybridized carbons (Fsp3) is 0.409. The van der Waals surface area contributed by atoms with Crippen molar-refractivity contribution in [1.82, 2.24) is 19.4 Å². The van der Waals surface area contributed by atoms with Crippen LogP contribution in [0.2, 0.25) is 0 Å². The zero-order chi connectivity index (χ0) is 21.3. The van der Waals surface area contributed by atoms with Crippen LogP contribution in [0.3, 0.4) is 0 Å². The fourth-order valence-electron chi connectivity index (χ4n) is 4.23. The number of nitrogens with zero attached hydrogens (tertiary/aromatic N) is 4. The van der Waals surface area contributed by atoms with E-state index in [1.807, 2.05) is 12.1 Å². The van der Waals surface area contributed by atoms with Crippen LogP contribution in [0.4, 0.5) is 0 Å². The standard InChI is InChI=1S/C22H24N4O4S/c27-31(28,20-7-6-16-3-1-4-18(16)13-20)26-12-2-5-19(14-26)29-15-21-24-22(30-25-21)17-8-10-23-11-9-17/h6-11,13,19H,1-5,12,14-15H2. The van der Waals surface area contributed by atoms with Crippen LogP contribution in [-0.4, -0.2) is 47.0 Å². The molecule has 162 valence electrons.